The third-order valence-electron chi connectivity index (χ3n) is 2.27. The van der Waals surface area contributed by atoms with E-state index in [1.165, 1.54) is 6.07 Å². The number of fused-ring (bicyclic) bond motifs is 1. The molecule has 0 amide bonds. The van der Waals surface area contributed by atoms with Gasteiger partial charge in [-0.15, -0.1) is 0 Å². The number of aromatic nitrogens is 1. The second kappa shape index (κ2) is 5.36. The molecule has 1 aromatic heterocycles. The molecule has 0 saturated heterocycles. The van der Waals surface area contributed by atoms with Crippen LogP contribution in [-0.2, 0) is 16.5 Å². The van der Waals surface area contributed by atoms with Crippen molar-refractivity contribution in [3.8, 4) is 0 Å². The van der Waals surface area contributed by atoms with Crippen LogP contribution in [0.5, 0.6) is 0 Å². The van der Waals surface area contributed by atoms with Crippen molar-refractivity contribution in [2.75, 3.05) is 0 Å². The van der Waals surface area contributed by atoms with E-state index >= 15 is 0 Å². The van der Waals surface area contributed by atoms with Gasteiger partial charge in [0.25, 0.3) is 0 Å². The van der Waals surface area contributed by atoms with Crippen LogP contribution in [0.1, 0.15) is 26.7 Å². The van der Waals surface area contributed by atoms with Gasteiger partial charge < -0.3 is 8.97 Å². The molecule has 2 aromatic rings. The van der Waals surface area contributed by atoms with E-state index in [2.05, 4.69) is 4.98 Å². The Morgan fingerprint density at radius 2 is 2.00 bits per heavy atom. The first-order chi connectivity index (χ1) is 7.80. The fourth-order valence-electron chi connectivity index (χ4n) is 1.42. The maximum Gasteiger partial charge on any atom is 1.00 e. The minimum atomic E-state index is -2.44. The quantitative estimate of drug-likeness (QED) is 0.545. The van der Waals surface area contributed by atoms with Gasteiger partial charge in [-0.3, -0.25) is 4.21 Å². The van der Waals surface area contributed by atoms with Gasteiger partial charge in [-0.25, -0.2) is 4.98 Å². The number of benzene rings is 1. The summed E-state index contributed by atoms with van der Waals surface area (Å²) in [5, 5.41) is 0.141. The van der Waals surface area contributed by atoms with E-state index in [0.29, 0.717) is 11.4 Å². The van der Waals surface area contributed by atoms with Gasteiger partial charge in [0, 0.05) is 5.41 Å². The predicted molar refractivity (Wildman–Crippen MR) is 64.9 cm³/mol. The zero-order chi connectivity index (χ0) is 12.8. The van der Waals surface area contributed by atoms with Crippen LogP contribution in [0, 0.1) is 0 Å². The SMILES string of the molecule is CC(C)(C)c1nc2ccc(Cl)c(S(=O)[O-])c2o1.[Li+]. The van der Waals surface area contributed by atoms with Gasteiger partial charge in [0.2, 0.25) is 5.89 Å². The van der Waals surface area contributed by atoms with Gasteiger partial charge in [-0.1, -0.05) is 32.4 Å². The first kappa shape index (κ1) is 15.7. The molecule has 0 saturated carbocycles. The molecule has 1 aromatic carbocycles. The summed E-state index contributed by atoms with van der Waals surface area (Å²) in [5.74, 6) is 0.487. The van der Waals surface area contributed by atoms with Crippen LogP contribution >= 0.6 is 11.6 Å². The van der Waals surface area contributed by atoms with Crippen LogP contribution < -0.4 is 18.9 Å². The van der Waals surface area contributed by atoms with Gasteiger partial charge in [-0.05, 0) is 23.2 Å². The average Bonchev–Trinajstić information content (AvgIpc) is 2.59. The van der Waals surface area contributed by atoms with Crippen LogP contribution in [-0.4, -0.2) is 13.7 Å². The largest absolute Gasteiger partial charge is 1.00 e. The second-order valence-electron chi connectivity index (χ2n) is 4.73. The summed E-state index contributed by atoms with van der Waals surface area (Å²) < 4.78 is 27.8. The minimum Gasteiger partial charge on any atom is -0.768 e. The summed E-state index contributed by atoms with van der Waals surface area (Å²) in [6.45, 7) is 5.81. The summed E-state index contributed by atoms with van der Waals surface area (Å²) in [6, 6.07) is 3.15. The number of oxazole rings is 1. The van der Waals surface area contributed by atoms with E-state index in [4.69, 9.17) is 16.0 Å². The first-order valence-electron chi connectivity index (χ1n) is 4.99. The molecule has 0 fully saturated rings. The van der Waals surface area contributed by atoms with Gasteiger partial charge >= 0.3 is 18.9 Å². The van der Waals surface area contributed by atoms with Gasteiger partial charge in [-0.2, -0.15) is 0 Å². The Morgan fingerprint density at radius 1 is 1.39 bits per heavy atom. The van der Waals surface area contributed by atoms with Crippen LogP contribution in [0.25, 0.3) is 11.1 Å². The Hall–Kier alpha value is -0.313. The Bertz CT molecular complexity index is 606. The molecular weight excluding hydrogens is 269 g/mol. The van der Waals surface area contributed by atoms with Crippen LogP contribution in [0.4, 0.5) is 0 Å². The summed E-state index contributed by atoms with van der Waals surface area (Å²) in [6.07, 6.45) is 0. The van der Waals surface area contributed by atoms with Gasteiger partial charge in [0.1, 0.15) is 5.52 Å². The van der Waals surface area contributed by atoms with Crippen molar-refractivity contribution < 1.29 is 32.0 Å². The van der Waals surface area contributed by atoms with Crippen LogP contribution in [0.2, 0.25) is 5.02 Å². The van der Waals surface area contributed by atoms with Crippen molar-refractivity contribution >= 4 is 33.8 Å². The Kier molecular flexibility index (Phi) is 4.69. The summed E-state index contributed by atoms with van der Waals surface area (Å²) in [4.78, 5) is 4.23. The van der Waals surface area contributed by atoms with Crippen molar-refractivity contribution in [3.05, 3.63) is 23.0 Å². The van der Waals surface area contributed by atoms with Crippen molar-refractivity contribution in [1.29, 1.82) is 0 Å². The molecule has 0 spiro atoms. The molecular formula is C11H11ClLiNO3S. The fraction of sp³-hybridized carbons (Fsp3) is 0.364. The molecule has 2 rings (SSSR count). The van der Waals surface area contributed by atoms with E-state index in [1.807, 2.05) is 20.8 Å². The maximum absolute atomic E-state index is 11.1. The topological polar surface area (TPSA) is 66.2 Å². The van der Waals surface area contributed by atoms with E-state index in [9.17, 15) is 8.76 Å². The fourth-order valence-corrected chi connectivity index (χ4v) is 2.28. The third kappa shape index (κ3) is 2.81. The number of rotatable bonds is 1. The summed E-state index contributed by atoms with van der Waals surface area (Å²) in [5.41, 5.74) is 0.432. The monoisotopic (exact) mass is 279 g/mol. The van der Waals surface area contributed by atoms with E-state index < -0.39 is 11.1 Å². The van der Waals surface area contributed by atoms with E-state index in [0.717, 1.165) is 0 Å². The molecule has 4 nitrogen and oxygen atoms in total. The number of hydrogen-bond acceptors (Lipinski definition) is 4. The zero-order valence-corrected chi connectivity index (χ0v) is 12.2. The molecule has 0 radical (unpaired) electrons. The molecule has 0 aliphatic rings. The smallest absolute Gasteiger partial charge is 0.768 e. The van der Waals surface area contributed by atoms with Crippen LogP contribution in [0.15, 0.2) is 21.4 Å². The molecule has 0 bridgehead atoms. The standard InChI is InChI=1S/C11H12ClNO3S.Li/c1-11(2,3)10-13-7-5-4-6(12)9(17(14)15)8(7)16-10;/h4-5H,1-3H3,(H,14,15);/q;+1/p-1. The molecule has 0 N–H and O–H groups in total. The van der Waals surface area contributed by atoms with Gasteiger partial charge in [0.15, 0.2) is 5.58 Å². The Morgan fingerprint density at radius 3 is 2.50 bits per heavy atom. The molecule has 18 heavy (non-hydrogen) atoms. The second-order valence-corrected chi connectivity index (χ2v) is 6.01. The number of hydrogen-bond donors (Lipinski definition) is 0. The van der Waals surface area contributed by atoms with Gasteiger partial charge in [0.05, 0.1) is 9.92 Å². The number of nitrogens with zero attached hydrogens (tertiary/aromatic N) is 1. The van der Waals surface area contributed by atoms with Crippen molar-refractivity contribution in [2.45, 2.75) is 31.1 Å². The van der Waals surface area contributed by atoms with Crippen molar-refractivity contribution in [2.24, 2.45) is 0 Å². The Labute approximate surface area is 125 Å². The summed E-state index contributed by atoms with van der Waals surface area (Å²) >= 11 is 3.40. The van der Waals surface area contributed by atoms with Crippen molar-refractivity contribution in [1.82, 2.24) is 4.98 Å². The molecule has 1 unspecified atom stereocenters. The average molecular weight is 280 g/mol. The predicted octanol–water partition coefficient (Wildman–Crippen LogP) is 0.0207. The molecule has 92 valence electrons. The molecule has 0 aliphatic heterocycles. The molecule has 7 heteroatoms. The minimum absolute atomic E-state index is 0. The molecule has 1 heterocycles. The first-order valence-corrected chi connectivity index (χ1v) is 6.45. The third-order valence-corrected chi connectivity index (χ3v) is 3.44. The van der Waals surface area contributed by atoms with E-state index in [1.54, 1.807) is 6.07 Å². The summed E-state index contributed by atoms with van der Waals surface area (Å²) in [7, 11) is 0. The zero-order valence-electron chi connectivity index (χ0n) is 10.6. The van der Waals surface area contributed by atoms with Crippen molar-refractivity contribution in [3.63, 3.8) is 0 Å². The Balaban J connectivity index is 0.00000162. The number of halogens is 1. The van der Waals surface area contributed by atoms with Crippen LogP contribution in [0.3, 0.4) is 0 Å². The normalized spacial score (nSPS) is 13.4. The molecule has 0 aliphatic carbocycles. The van der Waals surface area contributed by atoms with E-state index in [-0.39, 0.29) is 39.8 Å². The maximum atomic E-state index is 11.1. The molecule has 1 atom stereocenters.